The second kappa shape index (κ2) is 5.77. The fraction of sp³-hybridized carbons (Fsp3) is 0.188. The van der Waals surface area contributed by atoms with Gasteiger partial charge in [-0.15, -0.1) is 0 Å². The fourth-order valence-electron chi connectivity index (χ4n) is 2.31. The molecular weight excluding hydrogens is 314 g/mol. The summed E-state index contributed by atoms with van der Waals surface area (Å²) in [5.41, 5.74) is 3.48. The Morgan fingerprint density at radius 1 is 1.20 bits per heavy atom. The summed E-state index contributed by atoms with van der Waals surface area (Å²) in [5, 5.41) is 9.08. The van der Waals surface area contributed by atoms with E-state index in [0.29, 0.717) is 0 Å². The minimum Gasteiger partial charge on any atom is -0.313 e. The van der Waals surface area contributed by atoms with Crippen LogP contribution in [0.1, 0.15) is 12.5 Å². The van der Waals surface area contributed by atoms with Gasteiger partial charge in [-0.05, 0) is 30.3 Å². The van der Waals surface area contributed by atoms with Crippen LogP contribution < -0.4 is 5.32 Å². The van der Waals surface area contributed by atoms with Gasteiger partial charge in [0.05, 0.1) is 17.4 Å². The van der Waals surface area contributed by atoms with Crippen molar-refractivity contribution in [2.75, 3.05) is 6.54 Å². The van der Waals surface area contributed by atoms with E-state index >= 15 is 0 Å². The molecular formula is C16H16BrN3. The van der Waals surface area contributed by atoms with Crippen molar-refractivity contribution in [1.29, 1.82) is 0 Å². The van der Waals surface area contributed by atoms with Gasteiger partial charge in [-0.25, -0.2) is 4.68 Å². The summed E-state index contributed by atoms with van der Waals surface area (Å²) in [7, 11) is 0. The number of para-hydroxylation sites is 1. The van der Waals surface area contributed by atoms with Crippen LogP contribution in [0, 0.1) is 0 Å². The Morgan fingerprint density at radius 2 is 2.05 bits per heavy atom. The summed E-state index contributed by atoms with van der Waals surface area (Å²) >= 11 is 3.55. The first kappa shape index (κ1) is 13.3. The molecule has 0 aliphatic heterocycles. The molecule has 3 rings (SSSR count). The molecule has 0 fully saturated rings. The lowest BCUT2D eigenvalue weighted by atomic mass is 10.1. The third-order valence-electron chi connectivity index (χ3n) is 3.32. The molecule has 0 amide bonds. The Balaban J connectivity index is 2.14. The molecule has 0 bridgehead atoms. The van der Waals surface area contributed by atoms with Gasteiger partial charge in [-0.2, -0.15) is 5.10 Å². The van der Waals surface area contributed by atoms with E-state index in [0.717, 1.165) is 34.2 Å². The van der Waals surface area contributed by atoms with Crippen molar-refractivity contribution >= 4 is 26.8 Å². The molecule has 0 saturated carbocycles. The van der Waals surface area contributed by atoms with Crippen LogP contribution in [0.3, 0.4) is 0 Å². The Kier molecular flexibility index (Phi) is 3.85. The van der Waals surface area contributed by atoms with Gasteiger partial charge in [0.25, 0.3) is 0 Å². The molecule has 1 aromatic heterocycles. The van der Waals surface area contributed by atoms with Crippen molar-refractivity contribution in [3.63, 3.8) is 0 Å². The first-order chi connectivity index (χ1) is 9.79. The molecule has 102 valence electrons. The summed E-state index contributed by atoms with van der Waals surface area (Å²) < 4.78 is 3.07. The topological polar surface area (TPSA) is 29.9 Å². The highest BCUT2D eigenvalue weighted by Gasteiger charge is 2.09. The molecule has 20 heavy (non-hydrogen) atoms. The van der Waals surface area contributed by atoms with Gasteiger partial charge in [0, 0.05) is 16.4 Å². The van der Waals surface area contributed by atoms with E-state index < -0.39 is 0 Å². The molecule has 0 atom stereocenters. The van der Waals surface area contributed by atoms with Crippen LogP contribution in [0.5, 0.6) is 0 Å². The Morgan fingerprint density at radius 3 is 2.90 bits per heavy atom. The van der Waals surface area contributed by atoms with Crippen molar-refractivity contribution < 1.29 is 0 Å². The molecule has 4 heteroatoms. The SMILES string of the molecule is CCNCc1ccc(Br)cc1-n1ncc2ccccc21. The number of benzene rings is 2. The normalized spacial score (nSPS) is 11.1. The van der Waals surface area contributed by atoms with Crippen LogP contribution >= 0.6 is 15.9 Å². The van der Waals surface area contributed by atoms with E-state index in [9.17, 15) is 0 Å². The molecule has 0 saturated heterocycles. The first-order valence-corrected chi connectivity index (χ1v) is 7.51. The monoisotopic (exact) mass is 329 g/mol. The molecule has 0 aliphatic carbocycles. The molecule has 0 radical (unpaired) electrons. The lowest BCUT2D eigenvalue weighted by Gasteiger charge is -2.12. The quantitative estimate of drug-likeness (QED) is 0.786. The number of rotatable bonds is 4. The fourth-order valence-corrected chi connectivity index (χ4v) is 2.66. The summed E-state index contributed by atoms with van der Waals surface area (Å²) in [5.74, 6) is 0. The molecule has 2 aromatic carbocycles. The second-order valence-electron chi connectivity index (χ2n) is 4.67. The minimum absolute atomic E-state index is 0.841. The molecule has 1 heterocycles. The molecule has 0 unspecified atom stereocenters. The molecule has 3 aromatic rings. The highest BCUT2D eigenvalue weighted by atomic mass is 79.9. The standard InChI is InChI=1S/C16H16BrN3/c1-2-18-10-13-7-8-14(17)9-16(13)20-15-6-4-3-5-12(15)11-19-20/h3-9,11,18H,2,10H2,1H3. The van der Waals surface area contributed by atoms with Crippen molar-refractivity contribution in [3.8, 4) is 5.69 Å². The number of nitrogens with zero attached hydrogens (tertiary/aromatic N) is 2. The molecule has 0 aliphatic rings. The third-order valence-corrected chi connectivity index (χ3v) is 3.81. The number of nitrogens with one attached hydrogen (secondary N) is 1. The number of halogens is 1. The summed E-state index contributed by atoms with van der Waals surface area (Å²) in [6, 6.07) is 14.6. The van der Waals surface area contributed by atoms with Crippen molar-refractivity contribution in [2.24, 2.45) is 0 Å². The van der Waals surface area contributed by atoms with E-state index in [2.05, 4.69) is 63.6 Å². The first-order valence-electron chi connectivity index (χ1n) is 6.72. The molecule has 3 nitrogen and oxygen atoms in total. The predicted molar refractivity (Wildman–Crippen MR) is 86.2 cm³/mol. The highest BCUT2D eigenvalue weighted by Crippen LogP contribution is 2.24. The average Bonchev–Trinajstić information content (AvgIpc) is 2.90. The summed E-state index contributed by atoms with van der Waals surface area (Å²) in [4.78, 5) is 0. The number of hydrogen-bond acceptors (Lipinski definition) is 2. The van der Waals surface area contributed by atoms with Gasteiger partial charge >= 0.3 is 0 Å². The van der Waals surface area contributed by atoms with Gasteiger partial charge in [0.1, 0.15) is 0 Å². The van der Waals surface area contributed by atoms with Gasteiger partial charge < -0.3 is 5.32 Å². The number of fused-ring (bicyclic) bond motifs is 1. The zero-order valence-corrected chi connectivity index (χ0v) is 12.9. The van der Waals surface area contributed by atoms with Crippen LogP contribution in [0.25, 0.3) is 16.6 Å². The average molecular weight is 330 g/mol. The van der Waals surface area contributed by atoms with E-state index in [1.165, 1.54) is 5.56 Å². The third kappa shape index (κ3) is 2.49. The van der Waals surface area contributed by atoms with E-state index in [1.54, 1.807) is 0 Å². The van der Waals surface area contributed by atoms with Crippen LogP contribution in [-0.2, 0) is 6.54 Å². The van der Waals surface area contributed by atoms with Crippen molar-refractivity contribution in [2.45, 2.75) is 13.5 Å². The van der Waals surface area contributed by atoms with E-state index in [1.807, 2.05) is 23.0 Å². The minimum atomic E-state index is 0.841. The van der Waals surface area contributed by atoms with Gasteiger partial charge in [-0.3, -0.25) is 0 Å². The Hall–Kier alpha value is -1.65. The predicted octanol–water partition coefficient (Wildman–Crippen LogP) is 3.90. The number of hydrogen-bond donors (Lipinski definition) is 1. The maximum Gasteiger partial charge on any atom is 0.0741 e. The molecule has 1 N–H and O–H groups in total. The molecule has 0 spiro atoms. The largest absolute Gasteiger partial charge is 0.313 e. The zero-order valence-electron chi connectivity index (χ0n) is 11.3. The van der Waals surface area contributed by atoms with Crippen LogP contribution in [0.15, 0.2) is 53.1 Å². The van der Waals surface area contributed by atoms with Crippen molar-refractivity contribution in [3.05, 3.63) is 58.7 Å². The lowest BCUT2D eigenvalue weighted by Crippen LogP contribution is -2.14. The maximum atomic E-state index is 4.54. The van der Waals surface area contributed by atoms with E-state index in [-0.39, 0.29) is 0 Å². The van der Waals surface area contributed by atoms with Crippen LogP contribution in [0.4, 0.5) is 0 Å². The maximum absolute atomic E-state index is 4.54. The van der Waals surface area contributed by atoms with Gasteiger partial charge in [0.15, 0.2) is 0 Å². The summed E-state index contributed by atoms with van der Waals surface area (Å²) in [6.45, 7) is 3.91. The number of aromatic nitrogens is 2. The van der Waals surface area contributed by atoms with Crippen LogP contribution in [0.2, 0.25) is 0 Å². The Labute approximate surface area is 126 Å². The van der Waals surface area contributed by atoms with Gasteiger partial charge in [-0.1, -0.05) is 47.1 Å². The van der Waals surface area contributed by atoms with E-state index in [4.69, 9.17) is 0 Å². The highest BCUT2D eigenvalue weighted by molar-refractivity contribution is 9.10. The van der Waals surface area contributed by atoms with Crippen LogP contribution in [-0.4, -0.2) is 16.3 Å². The van der Waals surface area contributed by atoms with Gasteiger partial charge in [0.2, 0.25) is 0 Å². The van der Waals surface area contributed by atoms with Crippen molar-refractivity contribution in [1.82, 2.24) is 15.1 Å². The summed E-state index contributed by atoms with van der Waals surface area (Å²) in [6.07, 6.45) is 1.91. The zero-order chi connectivity index (χ0) is 13.9. The smallest absolute Gasteiger partial charge is 0.0741 e. The second-order valence-corrected chi connectivity index (χ2v) is 5.58. The lowest BCUT2D eigenvalue weighted by molar-refractivity contribution is 0.718. The Bertz CT molecular complexity index is 733.